The molecule has 4 rings (SSSR count). The van der Waals surface area contributed by atoms with Gasteiger partial charge in [0.15, 0.2) is 0 Å². The number of hydrogen-bond donors (Lipinski definition) is 0. The lowest BCUT2D eigenvalue weighted by atomic mass is 9.99. The fourth-order valence-electron chi connectivity index (χ4n) is 4.35. The summed E-state index contributed by atoms with van der Waals surface area (Å²) < 4.78 is 40.8. The second kappa shape index (κ2) is 7.52. The average Bonchev–Trinajstić information content (AvgIpc) is 2.98. The minimum absolute atomic E-state index is 0.474. The second-order valence-electron chi connectivity index (χ2n) is 8.19. The molecule has 2 aromatic carbocycles. The minimum Gasteiger partial charge on any atom is -0.344 e. The average molecular weight is 400 g/mol. The van der Waals surface area contributed by atoms with Gasteiger partial charge in [0.1, 0.15) is 0 Å². The highest BCUT2D eigenvalue weighted by Crippen LogP contribution is 2.34. The number of aryl methyl sites for hydroxylation is 3. The van der Waals surface area contributed by atoms with Crippen molar-refractivity contribution >= 4 is 10.9 Å². The first-order chi connectivity index (χ1) is 13.8. The monoisotopic (exact) mass is 400 g/mol. The van der Waals surface area contributed by atoms with Crippen LogP contribution in [0.4, 0.5) is 13.2 Å². The maximum Gasteiger partial charge on any atom is 0.416 e. The van der Waals surface area contributed by atoms with Crippen molar-refractivity contribution in [2.24, 2.45) is 0 Å². The Morgan fingerprint density at radius 2 is 1.72 bits per heavy atom. The van der Waals surface area contributed by atoms with E-state index in [4.69, 9.17) is 0 Å². The summed E-state index contributed by atoms with van der Waals surface area (Å²) >= 11 is 0. The molecule has 0 saturated heterocycles. The van der Waals surface area contributed by atoms with Crippen LogP contribution in [0, 0.1) is 0 Å². The molecule has 0 fully saturated rings. The first kappa shape index (κ1) is 20.0. The van der Waals surface area contributed by atoms with E-state index in [1.165, 1.54) is 39.9 Å². The predicted octanol–water partition coefficient (Wildman–Crippen LogP) is 5.84. The molecule has 3 aromatic rings. The molecule has 1 aromatic heterocycles. The van der Waals surface area contributed by atoms with Crippen molar-refractivity contribution in [2.45, 2.75) is 58.4 Å². The molecular weight excluding hydrogens is 373 g/mol. The molecule has 0 N–H and O–H groups in total. The van der Waals surface area contributed by atoms with Crippen LogP contribution in [-0.4, -0.2) is 22.6 Å². The van der Waals surface area contributed by atoms with E-state index in [9.17, 15) is 13.2 Å². The molecule has 5 heteroatoms. The van der Waals surface area contributed by atoms with Crippen molar-refractivity contribution in [3.63, 3.8) is 0 Å². The Bertz CT molecular complexity index is 1020. The molecule has 0 bridgehead atoms. The van der Waals surface area contributed by atoms with Gasteiger partial charge in [-0.25, -0.2) is 0 Å². The Kier molecular flexibility index (Phi) is 5.19. The minimum atomic E-state index is -4.28. The van der Waals surface area contributed by atoms with Crippen molar-refractivity contribution < 1.29 is 13.2 Å². The molecule has 0 amide bonds. The van der Waals surface area contributed by atoms with Crippen molar-refractivity contribution in [1.82, 2.24) is 9.47 Å². The van der Waals surface area contributed by atoms with E-state index in [2.05, 4.69) is 48.6 Å². The van der Waals surface area contributed by atoms with E-state index in [0.717, 1.165) is 31.5 Å². The number of halogens is 3. The Morgan fingerprint density at radius 1 is 1.03 bits per heavy atom. The third kappa shape index (κ3) is 3.80. The summed E-state index contributed by atoms with van der Waals surface area (Å²) in [4.78, 5) is 2.39. The van der Waals surface area contributed by atoms with Gasteiger partial charge in [0.25, 0.3) is 0 Å². The van der Waals surface area contributed by atoms with Crippen molar-refractivity contribution in [2.75, 3.05) is 7.05 Å². The number of hydrogen-bond acceptors (Lipinski definition) is 1. The standard InChI is InChI=1S/C24H27F3N2/c1-4-17-7-10-22-20(14-17)21-15-28(3)16(2)13-23(21)29(22)12-11-18-5-8-19(9-6-18)24(25,26)27/h5-10,14,16H,4,11-13,15H2,1-3H3. The normalized spacial score (nSPS) is 17.7. The molecule has 2 heterocycles. The molecule has 0 spiro atoms. The topological polar surface area (TPSA) is 8.17 Å². The smallest absolute Gasteiger partial charge is 0.344 e. The van der Waals surface area contributed by atoms with Gasteiger partial charge in [-0.1, -0.05) is 25.1 Å². The second-order valence-corrected chi connectivity index (χ2v) is 8.19. The number of benzene rings is 2. The molecule has 0 aliphatic carbocycles. The third-order valence-electron chi connectivity index (χ3n) is 6.31. The highest BCUT2D eigenvalue weighted by Gasteiger charge is 2.30. The molecule has 2 nitrogen and oxygen atoms in total. The van der Waals surface area contributed by atoms with Crippen LogP contribution in [0.1, 0.15) is 41.8 Å². The largest absolute Gasteiger partial charge is 0.416 e. The molecular formula is C24H27F3N2. The Hall–Kier alpha value is -2.27. The molecule has 1 atom stereocenters. The number of rotatable bonds is 4. The van der Waals surface area contributed by atoms with Crippen LogP contribution < -0.4 is 0 Å². The fraction of sp³-hybridized carbons (Fsp3) is 0.417. The van der Waals surface area contributed by atoms with Crippen LogP contribution in [0.25, 0.3) is 10.9 Å². The SMILES string of the molecule is CCc1ccc2c(c1)c1c(n2CCc2ccc(C(F)(F)F)cc2)CC(C)N(C)C1. The molecule has 154 valence electrons. The van der Waals surface area contributed by atoms with Crippen molar-refractivity contribution in [1.29, 1.82) is 0 Å². The van der Waals surface area contributed by atoms with E-state index in [-0.39, 0.29) is 0 Å². The number of alkyl halides is 3. The van der Waals surface area contributed by atoms with Gasteiger partial charge >= 0.3 is 6.18 Å². The molecule has 1 unspecified atom stereocenters. The highest BCUT2D eigenvalue weighted by molar-refractivity contribution is 5.86. The Morgan fingerprint density at radius 3 is 2.38 bits per heavy atom. The van der Waals surface area contributed by atoms with Crippen molar-refractivity contribution in [3.8, 4) is 0 Å². The van der Waals surface area contributed by atoms with E-state index in [1.807, 2.05) is 0 Å². The number of fused-ring (bicyclic) bond motifs is 3. The van der Waals surface area contributed by atoms with Gasteiger partial charge in [0.05, 0.1) is 5.56 Å². The van der Waals surface area contributed by atoms with E-state index in [0.29, 0.717) is 12.5 Å². The molecule has 0 radical (unpaired) electrons. The van der Waals surface area contributed by atoms with Crippen molar-refractivity contribution in [3.05, 3.63) is 70.4 Å². The molecule has 29 heavy (non-hydrogen) atoms. The van der Waals surface area contributed by atoms with Crippen LogP contribution in [0.5, 0.6) is 0 Å². The summed E-state index contributed by atoms with van der Waals surface area (Å²) in [5, 5.41) is 1.32. The van der Waals surface area contributed by atoms with Crippen LogP contribution in [-0.2, 0) is 38.5 Å². The van der Waals surface area contributed by atoms with Gasteiger partial charge in [-0.05, 0) is 67.8 Å². The first-order valence-corrected chi connectivity index (χ1v) is 10.3. The van der Waals surface area contributed by atoms with Crippen LogP contribution in [0.15, 0.2) is 42.5 Å². The predicted molar refractivity (Wildman–Crippen MR) is 111 cm³/mol. The number of nitrogens with zero attached hydrogens (tertiary/aromatic N) is 2. The maximum absolute atomic E-state index is 12.8. The van der Waals surface area contributed by atoms with Crippen LogP contribution in [0.2, 0.25) is 0 Å². The summed E-state index contributed by atoms with van der Waals surface area (Å²) in [7, 11) is 2.17. The summed E-state index contributed by atoms with van der Waals surface area (Å²) in [6, 6.07) is 12.8. The summed E-state index contributed by atoms with van der Waals surface area (Å²) in [6.07, 6.45) is -1.57. The third-order valence-corrected chi connectivity index (χ3v) is 6.31. The quantitative estimate of drug-likeness (QED) is 0.534. The highest BCUT2D eigenvalue weighted by atomic mass is 19.4. The lowest BCUT2D eigenvalue weighted by Gasteiger charge is -2.31. The van der Waals surface area contributed by atoms with Crippen LogP contribution in [0.3, 0.4) is 0 Å². The van der Waals surface area contributed by atoms with E-state index >= 15 is 0 Å². The van der Waals surface area contributed by atoms with E-state index < -0.39 is 11.7 Å². The zero-order valence-electron chi connectivity index (χ0n) is 17.2. The van der Waals surface area contributed by atoms with E-state index in [1.54, 1.807) is 12.1 Å². The zero-order valence-corrected chi connectivity index (χ0v) is 17.2. The zero-order chi connectivity index (χ0) is 20.8. The lowest BCUT2D eigenvalue weighted by molar-refractivity contribution is -0.137. The van der Waals surface area contributed by atoms with Gasteiger partial charge < -0.3 is 4.57 Å². The van der Waals surface area contributed by atoms with Crippen LogP contribution >= 0.6 is 0 Å². The van der Waals surface area contributed by atoms with Gasteiger partial charge in [0.2, 0.25) is 0 Å². The fourth-order valence-corrected chi connectivity index (χ4v) is 4.35. The summed E-state index contributed by atoms with van der Waals surface area (Å²) in [5.74, 6) is 0. The molecule has 1 aliphatic heterocycles. The maximum atomic E-state index is 12.8. The summed E-state index contributed by atoms with van der Waals surface area (Å²) in [6.45, 7) is 6.13. The number of likely N-dealkylation sites (N-methyl/N-ethyl adjacent to an activating group) is 1. The van der Waals surface area contributed by atoms with Gasteiger partial charge in [-0.3, -0.25) is 4.90 Å². The van der Waals surface area contributed by atoms with Gasteiger partial charge in [0, 0.05) is 42.1 Å². The number of aromatic nitrogens is 1. The molecule has 1 aliphatic rings. The first-order valence-electron chi connectivity index (χ1n) is 10.3. The Balaban J connectivity index is 1.67. The lowest BCUT2D eigenvalue weighted by Crippen LogP contribution is -2.35. The summed E-state index contributed by atoms with van der Waals surface area (Å²) in [5.41, 5.74) is 5.70. The van der Waals surface area contributed by atoms with Gasteiger partial charge in [-0.15, -0.1) is 0 Å². The Labute approximate surface area is 169 Å². The van der Waals surface area contributed by atoms with Gasteiger partial charge in [-0.2, -0.15) is 13.2 Å². The molecule has 0 saturated carbocycles.